The van der Waals surface area contributed by atoms with Crippen molar-refractivity contribution >= 4 is 40.6 Å². The highest BCUT2D eigenvalue weighted by molar-refractivity contribution is 7.10. The number of nitrogens with one attached hydrogen (secondary N) is 1. The molecule has 33 heavy (non-hydrogen) atoms. The molecule has 3 aromatic rings. The van der Waals surface area contributed by atoms with E-state index >= 15 is 0 Å². The number of hydrogen-bond acceptors (Lipinski definition) is 5. The number of hydrogen-bond donors (Lipinski definition) is 1. The van der Waals surface area contributed by atoms with E-state index < -0.39 is 12.1 Å². The molecule has 0 radical (unpaired) electrons. The molecule has 0 saturated carbocycles. The summed E-state index contributed by atoms with van der Waals surface area (Å²) in [5.74, 6) is -0.0457. The first-order valence-corrected chi connectivity index (χ1v) is 11.5. The van der Waals surface area contributed by atoms with Gasteiger partial charge in [0.2, 0.25) is 5.91 Å². The van der Waals surface area contributed by atoms with Gasteiger partial charge in [-0.3, -0.25) is 9.59 Å². The van der Waals surface area contributed by atoms with Crippen LogP contribution in [0.15, 0.2) is 66.0 Å². The zero-order valence-electron chi connectivity index (χ0n) is 18.5. The van der Waals surface area contributed by atoms with Crippen molar-refractivity contribution in [2.75, 3.05) is 23.9 Å². The predicted molar refractivity (Wildman–Crippen MR) is 129 cm³/mol. The van der Waals surface area contributed by atoms with Gasteiger partial charge in [-0.2, -0.15) is 0 Å². The summed E-state index contributed by atoms with van der Waals surface area (Å²) in [6.07, 6.45) is 0.505. The van der Waals surface area contributed by atoms with Crippen molar-refractivity contribution in [3.63, 3.8) is 0 Å². The van der Waals surface area contributed by atoms with Crippen LogP contribution >= 0.6 is 11.3 Å². The SMILES string of the molecule is COc1ccc(NC(=O)C[C@@H]2C(=O)N(c3ccccc3)C(=O)N2CCc2sccc2C)cc1. The Morgan fingerprint density at radius 1 is 1.06 bits per heavy atom. The number of ether oxygens (including phenoxy) is 1. The van der Waals surface area contributed by atoms with Crippen LogP contribution in [0, 0.1) is 6.92 Å². The number of rotatable bonds is 8. The zero-order valence-corrected chi connectivity index (χ0v) is 19.3. The van der Waals surface area contributed by atoms with Crippen molar-refractivity contribution in [2.45, 2.75) is 25.8 Å². The quantitative estimate of drug-likeness (QED) is 0.500. The number of para-hydroxylation sites is 1. The molecule has 1 saturated heterocycles. The van der Waals surface area contributed by atoms with Crippen LogP contribution in [0.2, 0.25) is 0 Å². The molecule has 0 bridgehead atoms. The van der Waals surface area contributed by atoms with E-state index in [4.69, 9.17) is 4.74 Å². The largest absolute Gasteiger partial charge is 0.497 e. The summed E-state index contributed by atoms with van der Waals surface area (Å²) in [7, 11) is 1.57. The highest BCUT2D eigenvalue weighted by Gasteiger charge is 2.46. The van der Waals surface area contributed by atoms with E-state index in [9.17, 15) is 14.4 Å². The molecular weight excluding hydrogens is 438 g/mol. The lowest BCUT2D eigenvalue weighted by atomic mass is 10.1. The first-order chi connectivity index (χ1) is 16.0. The Bertz CT molecular complexity index is 1140. The Morgan fingerprint density at radius 2 is 1.79 bits per heavy atom. The van der Waals surface area contributed by atoms with Crippen LogP contribution in [0.25, 0.3) is 0 Å². The van der Waals surface area contributed by atoms with Gasteiger partial charge in [-0.15, -0.1) is 11.3 Å². The second kappa shape index (κ2) is 9.87. The van der Waals surface area contributed by atoms with Gasteiger partial charge in [-0.1, -0.05) is 18.2 Å². The Kier molecular flexibility index (Phi) is 6.74. The highest BCUT2D eigenvalue weighted by atomic mass is 32.1. The van der Waals surface area contributed by atoms with Crippen LogP contribution in [0.4, 0.5) is 16.2 Å². The lowest BCUT2D eigenvalue weighted by molar-refractivity contribution is -0.124. The fraction of sp³-hybridized carbons (Fsp3) is 0.240. The normalized spacial score (nSPS) is 15.8. The van der Waals surface area contributed by atoms with Gasteiger partial charge >= 0.3 is 6.03 Å². The van der Waals surface area contributed by atoms with Crippen LogP contribution < -0.4 is 15.0 Å². The number of anilines is 2. The minimum Gasteiger partial charge on any atom is -0.497 e. The number of amides is 4. The average Bonchev–Trinajstić information content (AvgIpc) is 3.33. The van der Waals surface area contributed by atoms with Crippen molar-refractivity contribution < 1.29 is 19.1 Å². The number of carbonyl (C=O) groups excluding carboxylic acids is 3. The van der Waals surface area contributed by atoms with Gasteiger partial charge in [-0.25, -0.2) is 9.69 Å². The van der Waals surface area contributed by atoms with Crippen LogP contribution in [0.3, 0.4) is 0 Å². The summed E-state index contributed by atoms with van der Waals surface area (Å²) in [5.41, 5.74) is 2.26. The Morgan fingerprint density at radius 3 is 2.42 bits per heavy atom. The fourth-order valence-electron chi connectivity index (χ4n) is 3.85. The summed E-state index contributed by atoms with van der Waals surface area (Å²) in [4.78, 5) is 43.2. The van der Waals surface area contributed by atoms with E-state index in [-0.39, 0.29) is 18.2 Å². The molecule has 1 aliphatic rings. The summed E-state index contributed by atoms with van der Waals surface area (Å²) >= 11 is 1.63. The number of methoxy groups -OCH3 is 1. The first kappa shape index (κ1) is 22.5. The molecule has 1 aromatic heterocycles. The lowest BCUT2D eigenvalue weighted by Gasteiger charge is -2.21. The van der Waals surface area contributed by atoms with E-state index in [2.05, 4.69) is 5.32 Å². The second-order valence-electron chi connectivity index (χ2n) is 7.76. The van der Waals surface area contributed by atoms with Crippen LogP contribution in [-0.4, -0.2) is 42.4 Å². The second-order valence-corrected chi connectivity index (χ2v) is 8.76. The first-order valence-electron chi connectivity index (χ1n) is 10.6. The van der Waals surface area contributed by atoms with E-state index in [0.29, 0.717) is 30.1 Å². The smallest absolute Gasteiger partial charge is 0.332 e. The van der Waals surface area contributed by atoms with Crippen LogP contribution in [-0.2, 0) is 16.0 Å². The third-order valence-electron chi connectivity index (χ3n) is 5.63. The fourth-order valence-corrected chi connectivity index (χ4v) is 4.75. The summed E-state index contributed by atoms with van der Waals surface area (Å²) in [6, 6.07) is 16.5. The molecule has 7 nitrogen and oxygen atoms in total. The molecular formula is C25H25N3O4S. The molecule has 4 amide bonds. The predicted octanol–water partition coefficient (Wildman–Crippen LogP) is 4.47. The number of benzene rings is 2. The number of aryl methyl sites for hydroxylation is 1. The zero-order chi connectivity index (χ0) is 23.4. The molecule has 0 unspecified atom stereocenters. The molecule has 0 spiro atoms. The van der Waals surface area contributed by atoms with Gasteiger partial charge in [0.25, 0.3) is 5.91 Å². The minimum atomic E-state index is -0.865. The molecule has 170 valence electrons. The molecule has 0 aliphatic carbocycles. The number of imide groups is 1. The van der Waals surface area contributed by atoms with Crippen molar-refractivity contribution in [1.29, 1.82) is 0 Å². The number of thiophene rings is 1. The molecule has 2 aromatic carbocycles. The Labute approximate surface area is 196 Å². The van der Waals surface area contributed by atoms with Gasteiger partial charge < -0.3 is 15.0 Å². The number of urea groups is 1. The molecule has 1 N–H and O–H groups in total. The van der Waals surface area contributed by atoms with Crippen molar-refractivity contribution in [3.8, 4) is 5.75 Å². The molecule has 1 atom stereocenters. The Balaban J connectivity index is 1.53. The molecule has 1 fully saturated rings. The van der Waals surface area contributed by atoms with Gasteiger partial charge in [0.15, 0.2) is 0 Å². The maximum Gasteiger partial charge on any atom is 0.332 e. The highest BCUT2D eigenvalue weighted by Crippen LogP contribution is 2.28. The maximum atomic E-state index is 13.3. The van der Waals surface area contributed by atoms with Crippen molar-refractivity contribution in [1.82, 2.24) is 4.90 Å². The van der Waals surface area contributed by atoms with Crippen LogP contribution in [0.5, 0.6) is 5.75 Å². The lowest BCUT2D eigenvalue weighted by Crippen LogP contribution is -2.39. The molecule has 1 aliphatic heterocycles. The molecule has 2 heterocycles. The average molecular weight is 464 g/mol. The Hall–Kier alpha value is -3.65. The van der Waals surface area contributed by atoms with Gasteiger partial charge in [0.1, 0.15) is 11.8 Å². The van der Waals surface area contributed by atoms with Gasteiger partial charge in [-0.05, 0) is 66.8 Å². The topological polar surface area (TPSA) is 79.0 Å². The number of nitrogens with zero attached hydrogens (tertiary/aromatic N) is 2. The molecule has 8 heteroatoms. The van der Waals surface area contributed by atoms with Crippen LogP contribution in [0.1, 0.15) is 16.9 Å². The van der Waals surface area contributed by atoms with E-state index in [1.165, 1.54) is 9.80 Å². The minimum absolute atomic E-state index is 0.122. The standard InChI is InChI=1S/C25H25N3O4S/c1-17-13-15-33-22(17)12-14-27-21(16-23(29)26-18-8-10-20(32-2)11-9-18)24(30)28(25(27)31)19-6-4-3-5-7-19/h3-11,13,15,21H,12,14,16H2,1-2H3,(H,26,29)/t21-/m1/s1. The van der Waals surface area contributed by atoms with E-state index in [1.807, 2.05) is 24.4 Å². The van der Waals surface area contributed by atoms with Crippen molar-refractivity contribution in [3.05, 3.63) is 76.5 Å². The van der Waals surface area contributed by atoms with E-state index in [0.717, 1.165) is 10.4 Å². The van der Waals surface area contributed by atoms with Gasteiger partial charge in [0, 0.05) is 17.1 Å². The third kappa shape index (κ3) is 4.90. The molecule has 4 rings (SSSR count). The number of carbonyl (C=O) groups is 3. The van der Waals surface area contributed by atoms with E-state index in [1.54, 1.807) is 67.0 Å². The maximum absolute atomic E-state index is 13.3. The summed E-state index contributed by atoms with van der Waals surface area (Å²) < 4.78 is 5.14. The summed E-state index contributed by atoms with van der Waals surface area (Å²) in [6.45, 7) is 2.38. The summed E-state index contributed by atoms with van der Waals surface area (Å²) in [5, 5.41) is 4.82. The monoisotopic (exact) mass is 463 g/mol. The van der Waals surface area contributed by atoms with Gasteiger partial charge in [0.05, 0.1) is 19.2 Å². The van der Waals surface area contributed by atoms with Crippen molar-refractivity contribution in [2.24, 2.45) is 0 Å². The third-order valence-corrected chi connectivity index (χ3v) is 6.72.